The molecule has 0 aromatic heterocycles. The van der Waals surface area contributed by atoms with Crippen molar-refractivity contribution in [3.05, 3.63) is 29.3 Å². The Morgan fingerprint density at radius 3 is 2.57 bits per heavy atom. The summed E-state index contributed by atoms with van der Waals surface area (Å²) in [7, 11) is 2.90. The van der Waals surface area contributed by atoms with Crippen molar-refractivity contribution in [3.8, 4) is 5.75 Å². The average molecular weight is 391 g/mol. The molecular formula is C21H34N4O3. The lowest BCUT2D eigenvalue weighted by molar-refractivity contribution is 0.0597. The lowest BCUT2D eigenvalue weighted by atomic mass is 10.0. The van der Waals surface area contributed by atoms with E-state index in [1.807, 2.05) is 6.07 Å². The summed E-state index contributed by atoms with van der Waals surface area (Å²) in [4.78, 5) is 19.2. The van der Waals surface area contributed by atoms with Crippen molar-refractivity contribution >= 4 is 11.9 Å². The molecule has 2 N–H and O–H groups in total. The minimum absolute atomic E-state index is 0.412. The minimum atomic E-state index is -0.412. The Morgan fingerprint density at radius 2 is 2.00 bits per heavy atom. The summed E-state index contributed by atoms with van der Waals surface area (Å²) in [5, 5.41) is 6.87. The molecule has 0 radical (unpaired) electrons. The number of piperidine rings is 1. The van der Waals surface area contributed by atoms with Gasteiger partial charge in [-0.05, 0) is 51.3 Å². The van der Waals surface area contributed by atoms with E-state index in [0.717, 1.165) is 44.0 Å². The number of hydrogen-bond donors (Lipinski definition) is 2. The summed E-state index contributed by atoms with van der Waals surface area (Å²) in [6.07, 6.45) is 2.22. The standard InChI is InChI=1S/C21H34N4O3/c1-6-22-21(24-17-9-11-25(12-10-17)15(2)3)23-14-16-7-8-19(27-4)18(13-16)20(26)28-5/h7-8,13,15,17H,6,9-12,14H2,1-5H3,(H2,22,23,24). The largest absolute Gasteiger partial charge is 0.496 e. The summed E-state index contributed by atoms with van der Waals surface area (Å²) >= 11 is 0. The Hall–Kier alpha value is -2.28. The third-order valence-corrected chi connectivity index (χ3v) is 5.03. The number of benzene rings is 1. The van der Waals surface area contributed by atoms with Crippen LogP contribution in [0.1, 0.15) is 49.5 Å². The summed E-state index contributed by atoms with van der Waals surface area (Å²) in [5.41, 5.74) is 1.34. The van der Waals surface area contributed by atoms with Crippen molar-refractivity contribution < 1.29 is 14.3 Å². The molecule has 0 unspecified atom stereocenters. The van der Waals surface area contributed by atoms with E-state index >= 15 is 0 Å². The summed E-state index contributed by atoms with van der Waals surface area (Å²) in [6.45, 7) is 10.0. The van der Waals surface area contributed by atoms with Crippen molar-refractivity contribution in [2.24, 2.45) is 4.99 Å². The molecule has 1 fully saturated rings. The summed E-state index contributed by atoms with van der Waals surface area (Å²) < 4.78 is 10.1. The lowest BCUT2D eigenvalue weighted by Crippen LogP contribution is -2.49. The molecule has 156 valence electrons. The van der Waals surface area contributed by atoms with E-state index in [4.69, 9.17) is 14.5 Å². The van der Waals surface area contributed by atoms with Crippen molar-refractivity contribution in [2.45, 2.75) is 52.2 Å². The SMILES string of the molecule is CCNC(=NCc1ccc(OC)c(C(=O)OC)c1)NC1CCN(C(C)C)CC1. The molecule has 2 rings (SSSR count). The second kappa shape index (κ2) is 10.9. The van der Waals surface area contributed by atoms with Gasteiger partial charge in [0, 0.05) is 31.7 Å². The van der Waals surface area contributed by atoms with E-state index in [2.05, 4.69) is 36.3 Å². The van der Waals surface area contributed by atoms with Crippen molar-refractivity contribution in [2.75, 3.05) is 33.9 Å². The minimum Gasteiger partial charge on any atom is -0.496 e. The van der Waals surface area contributed by atoms with Crippen LogP contribution in [0.15, 0.2) is 23.2 Å². The monoisotopic (exact) mass is 390 g/mol. The van der Waals surface area contributed by atoms with E-state index in [-0.39, 0.29) is 0 Å². The number of guanidine groups is 1. The smallest absolute Gasteiger partial charge is 0.341 e. The number of likely N-dealkylation sites (tertiary alicyclic amines) is 1. The maximum absolute atomic E-state index is 12.0. The van der Waals surface area contributed by atoms with Crippen LogP contribution in [0.25, 0.3) is 0 Å². The molecule has 0 aliphatic carbocycles. The van der Waals surface area contributed by atoms with E-state index < -0.39 is 5.97 Å². The van der Waals surface area contributed by atoms with Crippen LogP contribution in [0.4, 0.5) is 0 Å². The predicted molar refractivity (Wildman–Crippen MR) is 112 cm³/mol. The number of carbonyl (C=O) groups excluding carboxylic acids is 1. The number of rotatable bonds is 7. The fourth-order valence-electron chi connectivity index (χ4n) is 3.37. The fourth-order valence-corrected chi connectivity index (χ4v) is 3.37. The van der Waals surface area contributed by atoms with Crippen LogP contribution in [-0.4, -0.2) is 62.8 Å². The van der Waals surface area contributed by atoms with Crippen LogP contribution in [0.3, 0.4) is 0 Å². The fraction of sp³-hybridized carbons (Fsp3) is 0.619. The molecule has 1 aromatic rings. The highest BCUT2D eigenvalue weighted by Crippen LogP contribution is 2.21. The number of nitrogens with one attached hydrogen (secondary N) is 2. The molecule has 0 amide bonds. The maximum Gasteiger partial charge on any atom is 0.341 e. The molecule has 0 atom stereocenters. The molecule has 1 aromatic carbocycles. The number of aliphatic imine (C=N–C) groups is 1. The first-order valence-electron chi connectivity index (χ1n) is 10.0. The first-order valence-corrected chi connectivity index (χ1v) is 10.0. The van der Waals surface area contributed by atoms with Crippen molar-refractivity contribution in [3.63, 3.8) is 0 Å². The van der Waals surface area contributed by atoms with Gasteiger partial charge in [0.15, 0.2) is 5.96 Å². The average Bonchev–Trinajstić information content (AvgIpc) is 2.71. The van der Waals surface area contributed by atoms with E-state index in [0.29, 0.717) is 29.9 Å². The Morgan fingerprint density at radius 1 is 1.29 bits per heavy atom. The van der Waals surface area contributed by atoms with Gasteiger partial charge >= 0.3 is 5.97 Å². The zero-order chi connectivity index (χ0) is 20.5. The second-order valence-electron chi connectivity index (χ2n) is 7.27. The number of hydrogen-bond acceptors (Lipinski definition) is 5. The molecule has 0 spiro atoms. The number of esters is 1. The van der Waals surface area contributed by atoms with Gasteiger partial charge in [-0.2, -0.15) is 0 Å². The van der Waals surface area contributed by atoms with Crippen LogP contribution in [-0.2, 0) is 11.3 Å². The van der Waals surface area contributed by atoms with E-state index in [1.165, 1.54) is 14.2 Å². The topological polar surface area (TPSA) is 75.2 Å². The van der Waals surface area contributed by atoms with Gasteiger partial charge in [0.1, 0.15) is 11.3 Å². The van der Waals surface area contributed by atoms with Gasteiger partial charge in [0.2, 0.25) is 0 Å². The highest BCUT2D eigenvalue weighted by atomic mass is 16.5. The number of ether oxygens (including phenoxy) is 2. The molecule has 1 heterocycles. The predicted octanol–water partition coefficient (Wildman–Crippen LogP) is 2.41. The molecule has 0 bridgehead atoms. The first-order chi connectivity index (χ1) is 13.5. The molecule has 7 nitrogen and oxygen atoms in total. The molecule has 1 aliphatic rings. The summed E-state index contributed by atoms with van der Waals surface area (Å²) in [5.74, 6) is 0.895. The van der Waals surface area contributed by atoms with Gasteiger partial charge in [0.05, 0.1) is 20.8 Å². The Bertz CT molecular complexity index is 668. The molecule has 7 heteroatoms. The van der Waals surface area contributed by atoms with E-state index in [9.17, 15) is 4.79 Å². The van der Waals surface area contributed by atoms with Crippen LogP contribution in [0.5, 0.6) is 5.75 Å². The highest BCUT2D eigenvalue weighted by Gasteiger charge is 2.21. The maximum atomic E-state index is 12.0. The van der Waals surface area contributed by atoms with Crippen LogP contribution < -0.4 is 15.4 Å². The number of methoxy groups -OCH3 is 2. The van der Waals surface area contributed by atoms with Gasteiger partial charge in [-0.15, -0.1) is 0 Å². The Labute approximate surface area is 168 Å². The van der Waals surface area contributed by atoms with Crippen molar-refractivity contribution in [1.82, 2.24) is 15.5 Å². The molecule has 0 saturated carbocycles. The number of nitrogens with zero attached hydrogens (tertiary/aromatic N) is 2. The van der Waals surface area contributed by atoms with Gasteiger partial charge in [-0.25, -0.2) is 9.79 Å². The highest BCUT2D eigenvalue weighted by molar-refractivity contribution is 5.92. The van der Waals surface area contributed by atoms with E-state index in [1.54, 1.807) is 12.1 Å². The van der Waals surface area contributed by atoms with Crippen LogP contribution in [0.2, 0.25) is 0 Å². The normalized spacial score (nSPS) is 16.1. The quantitative estimate of drug-likeness (QED) is 0.423. The number of carbonyl (C=O) groups is 1. The van der Waals surface area contributed by atoms with Crippen molar-refractivity contribution in [1.29, 1.82) is 0 Å². The first kappa shape index (κ1) is 22.0. The lowest BCUT2D eigenvalue weighted by Gasteiger charge is -2.35. The van der Waals surface area contributed by atoms with Gasteiger partial charge in [-0.1, -0.05) is 6.07 Å². The zero-order valence-electron chi connectivity index (χ0n) is 17.7. The Kier molecular flexibility index (Phi) is 8.57. The third-order valence-electron chi connectivity index (χ3n) is 5.03. The molecule has 1 saturated heterocycles. The van der Waals surface area contributed by atoms with Crippen LogP contribution in [0, 0.1) is 0 Å². The summed E-state index contributed by atoms with van der Waals surface area (Å²) in [6, 6.07) is 6.49. The molecular weight excluding hydrogens is 356 g/mol. The zero-order valence-corrected chi connectivity index (χ0v) is 17.7. The Balaban J connectivity index is 2.03. The molecule has 1 aliphatic heterocycles. The molecule has 28 heavy (non-hydrogen) atoms. The van der Waals surface area contributed by atoms with Gasteiger partial charge in [0.25, 0.3) is 0 Å². The third kappa shape index (κ3) is 6.12. The second-order valence-corrected chi connectivity index (χ2v) is 7.27. The van der Waals surface area contributed by atoms with Gasteiger partial charge in [-0.3, -0.25) is 0 Å². The van der Waals surface area contributed by atoms with Gasteiger partial charge < -0.3 is 25.0 Å². The van der Waals surface area contributed by atoms with Crippen LogP contribution >= 0.6 is 0 Å².